The van der Waals surface area contributed by atoms with Crippen LogP contribution in [0.25, 0.3) is 0 Å². The summed E-state index contributed by atoms with van der Waals surface area (Å²) < 4.78 is 0. The van der Waals surface area contributed by atoms with Crippen LogP contribution in [-0.2, 0) is 9.59 Å². The third kappa shape index (κ3) is 2.17. The van der Waals surface area contributed by atoms with E-state index in [0.29, 0.717) is 12.3 Å². The lowest BCUT2D eigenvalue weighted by Crippen LogP contribution is -2.48. The van der Waals surface area contributed by atoms with E-state index in [1.54, 1.807) is 4.90 Å². The summed E-state index contributed by atoms with van der Waals surface area (Å²) >= 11 is 0. The van der Waals surface area contributed by atoms with E-state index in [1.807, 2.05) is 12.2 Å². The summed E-state index contributed by atoms with van der Waals surface area (Å²) in [6.45, 7) is 0. The van der Waals surface area contributed by atoms with Crippen LogP contribution in [0.2, 0.25) is 0 Å². The van der Waals surface area contributed by atoms with E-state index in [9.17, 15) is 14.7 Å². The van der Waals surface area contributed by atoms with Gasteiger partial charge in [-0.25, -0.2) is 4.79 Å². The Hall–Kier alpha value is -1.32. The molecule has 0 aromatic carbocycles. The number of allylic oxidation sites excluding steroid dienone is 2. The SMILES string of the molecule is O=C(O)[C@@H]1C[C@H]2CCCC[C@@H]2N1C(=O)C1CC=CC1. The number of likely N-dealkylation sites (tertiary alicyclic amines) is 1. The van der Waals surface area contributed by atoms with E-state index < -0.39 is 12.0 Å². The third-order valence-electron chi connectivity index (χ3n) is 4.98. The van der Waals surface area contributed by atoms with E-state index in [4.69, 9.17) is 0 Å². The van der Waals surface area contributed by atoms with Crippen LogP contribution in [0.1, 0.15) is 44.9 Å². The standard InChI is InChI=1S/C15H21NO3/c17-14(10-5-1-2-6-10)16-12-8-4-3-7-11(12)9-13(16)15(18)19/h1-2,10-13H,3-9H2,(H,18,19)/t11-,12+,13+/m1/s1. The molecule has 4 nitrogen and oxygen atoms in total. The molecular formula is C15H21NO3. The smallest absolute Gasteiger partial charge is 0.326 e. The van der Waals surface area contributed by atoms with Crippen LogP contribution < -0.4 is 0 Å². The Morgan fingerprint density at radius 1 is 1.11 bits per heavy atom. The first-order valence-corrected chi connectivity index (χ1v) is 7.38. The molecule has 2 fully saturated rings. The Labute approximate surface area is 113 Å². The largest absolute Gasteiger partial charge is 0.480 e. The predicted octanol–water partition coefficient (Wildman–Crippen LogP) is 2.20. The third-order valence-corrected chi connectivity index (χ3v) is 4.98. The Kier molecular flexibility index (Phi) is 3.33. The second-order valence-electron chi connectivity index (χ2n) is 6.09. The fraction of sp³-hybridized carbons (Fsp3) is 0.733. The van der Waals surface area contributed by atoms with Crippen molar-refractivity contribution in [3.05, 3.63) is 12.2 Å². The number of hydrogen-bond donors (Lipinski definition) is 1. The number of carboxylic acid groups (broad SMARTS) is 1. The lowest BCUT2D eigenvalue weighted by molar-refractivity contribution is -0.151. The van der Waals surface area contributed by atoms with E-state index in [1.165, 1.54) is 6.42 Å². The molecule has 1 amide bonds. The van der Waals surface area contributed by atoms with Crippen molar-refractivity contribution in [2.75, 3.05) is 0 Å². The van der Waals surface area contributed by atoms with Crippen molar-refractivity contribution >= 4 is 11.9 Å². The number of carboxylic acids is 1. The Morgan fingerprint density at radius 2 is 1.79 bits per heavy atom. The highest BCUT2D eigenvalue weighted by Crippen LogP contribution is 2.41. The van der Waals surface area contributed by atoms with Crippen molar-refractivity contribution < 1.29 is 14.7 Å². The summed E-state index contributed by atoms with van der Waals surface area (Å²) in [4.78, 5) is 25.8. The van der Waals surface area contributed by atoms with Crippen molar-refractivity contribution in [2.24, 2.45) is 11.8 Å². The molecule has 1 heterocycles. The van der Waals surface area contributed by atoms with Crippen molar-refractivity contribution in [1.82, 2.24) is 4.90 Å². The molecule has 0 aromatic rings. The fourth-order valence-corrected chi connectivity index (χ4v) is 4.03. The van der Waals surface area contributed by atoms with Crippen LogP contribution in [0.3, 0.4) is 0 Å². The summed E-state index contributed by atoms with van der Waals surface area (Å²) in [6, 6.07) is -0.399. The van der Waals surface area contributed by atoms with Crippen molar-refractivity contribution in [3.63, 3.8) is 0 Å². The molecule has 19 heavy (non-hydrogen) atoms. The van der Waals surface area contributed by atoms with Gasteiger partial charge in [-0.05, 0) is 38.0 Å². The van der Waals surface area contributed by atoms with Crippen LogP contribution in [0, 0.1) is 11.8 Å². The van der Waals surface area contributed by atoms with E-state index in [-0.39, 0.29) is 17.9 Å². The molecule has 3 atom stereocenters. The van der Waals surface area contributed by atoms with Gasteiger partial charge in [0, 0.05) is 12.0 Å². The lowest BCUT2D eigenvalue weighted by atomic mass is 9.84. The van der Waals surface area contributed by atoms with Gasteiger partial charge in [0.05, 0.1) is 0 Å². The maximum absolute atomic E-state index is 12.6. The molecular weight excluding hydrogens is 242 g/mol. The van der Waals surface area contributed by atoms with Crippen LogP contribution in [0.5, 0.6) is 0 Å². The van der Waals surface area contributed by atoms with Gasteiger partial charge < -0.3 is 10.0 Å². The highest BCUT2D eigenvalue weighted by molar-refractivity contribution is 5.86. The van der Waals surface area contributed by atoms with Crippen molar-refractivity contribution in [3.8, 4) is 0 Å². The highest BCUT2D eigenvalue weighted by atomic mass is 16.4. The first kappa shape index (κ1) is 12.7. The summed E-state index contributed by atoms with van der Waals surface area (Å²) in [5.41, 5.74) is 0. The maximum atomic E-state index is 12.6. The second kappa shape index (κ2) is 4.99. The molecule has 3 aliphatic rings. The maximum Gasteiger partial charge on any atom is 0.326 e. The first-order valence-electron chi connectivity index (χ1n) is 7.38. The molecule has 0 radical (unpaired) electrons. The van der Waals surface area contributed by atoms with Crippen LogP contribution in [0.4, 0.5) is 0 Å². The number of rotatable bonds is 2. The average molecular weight is 263 g/mol. The Bertz CT molecular complexity index is 410. The predicted molar refractivity (Wildman–Crippen MR) is 70.5 cm³/mol. The molecule has 104 valence electrons. The fourth-order valence-electron chi connectivity index (χ4n) is 4.03. The van der Waals surface area contributed by atoms with Crippen molar-refractivity contribution in [2.45, 2.75) is 57.0 Å². The zero-order valence-electron chi connectivity index (χ0n) is 11.1. The monoisotopic (exact) mass is 263 g/mol. The Balaban J connectivity index is 1.81. The summed E-state index contributed by atoms with van der Waals surface area (Å²) in [6.07, 6.45) is 10.7. The molecule has 3 rings (SSSR count). The number of hydrogen-bond acceptors (Lipinski definition) is 2. The quantitative estimate of drug-likeness (QED) is 0.777. The molecule has 1 N–H and O–H groups in total. The molecule has 1 aliphatic heterocycles. The average Bonchev–Trinajstić information content (AvgIpc) is 3.05. The van der Waals surface area contributed by atoms with Gasteiger partial charge in [0.25, 0.3) is 0 Å². The first-order chi connectivity index (χ1) is 9.18. The number of nitrogens with zero attached hydrogens (tertiary/aromatic N) is 1. The minimum absolute atomic E-state index is 0.0115. The summed E-state index contributed by atoms with van der Waals surface area (Å²) in [5, 5.41) is 9.41. The molecule has 4 heteroatoms. The molecule has 1 saturated heterocycles. The zero-order chi connectivity index (χ0) is 13.4. The zero-order valence-corrected chi connectivity index (χ0v) is 11.1. The number of aliphatic carboxylic acids is 1. The highest BCUT2D eigenvalue weighted by Gasteiger charge is 2.48. The van der Waals surface area contributed by atoms with Gasteiger partial charge in [-0.3, -0.25) is 4.79 Å². The van der Waals surface area contributed by atoms with Gasteiger partial charge in [0.2, 0.25) is 5.91 Å². The summed E-state index contributed by atoms with van der Waals surface area (Å²) in [5.74, 6) is -0.351. The van der Waals surface area contributed by atoms with Gasteiger partial charge >= 0.3 is 5.97 Å². The van der Waals surface area contributed by atoms with Crippen molar-refractivity contribution in [1.29, 1.82) is 0 Å². The molecule has 2 aliphatic carbocycles. The molecule has 1 saturated carbocycles. The van der Waals surface area contributed by atoms with Gasteiger partial charge in [-0.2, -0.15) is 0 Å². The van der Waals surface area contributed by atoms with Gasteiger partial charge in [-0.15, -0.1) is 0 Å². The number of carbonyl (C=O) groups is 2. The van der Waals surface area contributed by atoms with Crippen LogP contribution in [-0.4, -0.2) is 34.0 Å². The molecule has 0 bridgehead atoms. The Morgan fingerprint density at radius 3 is 2.47 bits per heavy atom. The molecule has 0 spiro atoms. The number of carbonyl (C=O) groups excluding carboxylic acids is 1. The summed E-state index contributed by atoms with van der Waals surface area (Å²) in [7, 11) is 0. The van der Waals surface area contributed by atoms with Gasteiger partial charge in [0.15, 0.2) is 0 Å². The van der Waals surface area contributed by atoms with Crippen LogP contribution >= 0.6 is 0 Å². The van der Waals surface area contributed by atoms with E-state index in [2.05, 4.69) is 0 Å². The second-order valence-corrected chi connectivity index (χ2v) is 6.09. The van der Waals surface area contributed by atoms with Gasteiger partial charge in [-0.1, -0.05) is 25.0 Å². The minimum atomic E-state index is -0.825. The lowest BCUT2D eigenvalue weighted by Gasteiger charge is -2.34. The van der Waals surface area contributed by atoms with E-state index >= 15 is 0 Å². The van der Waals surface area contributed by atoms with E-state index in [0.717, 1.165) is 32.1 Å². The van der Waals surface area contributed by atoms with Gasteiger partial charge in [0.1, 0.15) is 6.04 Å². The number of fused-ring (bicyclic) bond motifs is 1. The molecule has 0 aromatic heterocycles. The normalized spacial score (nSPS) is 34.5. The molecule has 0 unspecified atom stereocenters. The number of amides is 1. The van der Waals surface area contributed by atoms with Crippen LogP contribution in [0.15, 0.2) is 12.2 Å². The minimum Gasteiger partial charge on any atom is -0.480 e. The topological polar surface area (TPSA) is 57.6 Å².